The number of halogens is 2. The third-order valence-electron chi connectivity index (χ3n) is 3.59. The predicted octanol–water partition coefficient (Wildman–Crippen LogP) is 2.49. The Morgan fingerprint density at radius 2 is 2.30 bits per heavy atom. The lowest BCUT2D eigenvalue weighted by Crippen LogP contribution is -2.39. The van der Waals surface area contributed by atoms with Crippen LogP contribution >= 0.6 is 0 Å². The van der Waals surface area contributed by atoms with Crippen LogP contribution in [0.2, 0.25) is 0 Å². The quantitative estimate of drug-likeness (QED) is 0.836. The molecule has 4 nitrogen and oxygen atoms in total. The van der Waals surface area contributed by atoms with Crippen molar-refractivity contribution in [2.45, 2.75) is 45.8 Å². The van der Waals surface area contributed by atoms with Gasteiger partial charge in [-0.15, -0.1) is 0 Å². The Kier molecular flexibility index (Phi) is 5.48. The van der Waals surface area contributed by atoms with E-state index in [0.29, 0.717) is 24.3 Å². The molecule has 0 bridgehead atoms. The maximum Gasteiger partial charge on any atom is 0.319 e. The minimum Gasteiger partial charge on any atom is -0.313 e. The average molecular weight is 286 g/mol. The van der Waals surface area contributed by atoms with Gasteiger partial charge in [0.1, 0.15) is 5.82 Å². The Morgan fingerprint density at radius 1 is 1.50 bits per heavy atom. The fourth-order valence-electron chi connectivity index (χ4n) is 2.79. The second-order valence-electron chi connectivity index (χ2n) is 5.91. The maximum absolute atomic E-state index is 12.9. The number of aromatic nitrogens is 2. The second-order valence-corrected chi connectivity index (χ2v) is 5.91. The predicted molar refractivity (Wildman–Crippen MR) is 74.6 cm³/mol. The Balaban J connectivity index is 2.00. The molecule has 1 N–H and O–H groups in total. The SMILES string of the molecule is CC(C)CN(Cc1nccn1C(F)F)CC1CCCN1. The summed E-state index contributed by atoms with van der Waals surface area (Å²) in [5, 5.41) is 3.46. The summed E-state index contributed by atoms with van der Waals surface area (Å²) in [5.74, 6) is 0.949. The van der Waals surface area contributed by atoms with E-state index in [-0.39, 0.29) is 0 Å². The first-order valence-electron chi connectivity index (χ1n) is 7.32. The van der Waals surface area contributed by atoms with Crippen molar-refractivity contribution in [1.29, 1.82) is 0 Å². The molecular weight excluding hydrogens is 262 g/mol. The molecule has 20 heavy (non-hydrogen) atoms. The number of hydrogen-bond acceptors (Lipinski definition) is 3. The van der Waals surface area contributed by atoms with Gasteiger partial charge in [0.25, 0.3) is 0 Å². The Labute approximate surface area is 119 Å². The number of rotatable bonds is 7. The zero-order valence-corrected chi connectivity index (χ0v) is 12.2. The number of alkyl halides is 2. The van der Waals surface area contributed by atoms with E-state index in [4.69, 9.17) is 0 Å². The number of imidazole rings is 1. The normalized spacial score (nSPS) is 19.6. The summed E-state index contributed by atoms with van der Waals surface area (Å²) in [6.45, 7) is 5.11. The molecule has 1 aliphatic rings. The molecule has 0 aromatic carbocycles. The van der Waals surface area contributed by atoms with E-state index < -0.39 is 6.55 Å². The number of nitrogens with one attached hydrogen (secondary N) is 1. The van der Waals surface area contributed by atoms with Crippen LogP contribution in [0, 0.1) is 5.92 Å². The lowest BCUT2D eigenvalue weighted by Gasteiger charge is -2.27. The largest absolute Gasteiger partial charge is 0.319 e. The zero-order chi connectivity index (χ0) is 14.5. The summed E-state index contributed by atoms with van der Waals surface area (Å²) in [6, 6.07) is 0.476. The summed E-state index contributed by atoms with van der Waals surface area (Å²) in [4.78, 5) is 6.31. The highest BCUT2D eigenvalue weighted by Crippen LogP contribution is 2.16. The molecule has 6 heteroatoms. The first kappa shape index (κ1) is 15.4. The van der Waals surface area contributed by atoms with Crippen LogP contribution in [0.15, 0.2) is 12.4 Å². The maximum atomic E-state index is 12.9. The minimum absolute atomic E-state index is 0.443. The smallest absolute Gasteiger partial charge is 0.313 e. The molecule has 1 aliphatic heterocycles. The van der Waals surface area contributed by atoms with Crippen LogP contribution in [0.1, 0.15) is 39.1 Å². The first-order chi connectivity index (χ1) is 9.56. The molecule has 1 aromatic rings. The first-order valence-corrected chi connectivity index (χ1v) is 7.32. The molecule has 0 radical (unpaired) electrons. The topological polar surface area (TPSA) is 33.1 Å². The third kappa shape index (κ3) is 4.24. The molecule has 1 atom stereocenters. The van der Waals surface area contributed by atoms with Crippen molar-refractivity contribution in [2.75, 3.05) is 19.6 Å². The number of nitrogens with zero attached hydrogens (tertiary/aromatic N) is 3. The molecule has 1 fully saturated rings. The molecule has 0 spiro atoms. The van der Waals surface area contributed by atoms with E-state index in [1.165, 1.54) is 18.8 Å². The Morgan fingerprint density at radius 3 is 2.90 bits per heavy atom. The van der Waals surface area contributed by atoms with Crippen LogP contribution in [0.3, 0.4) is 0 Å². The van der Waals surface area contributed by atoms with E-state index >= 15 is 0 Å². The van der Waals surface area contributed by atoms with Crippen LogP contribution < -0.4 is 5.32 Å². The van der Waals surface area contributed by atoms with Crippen molar-refractivity contribution in [2.24, 2.45) is 5.92 Å². The monoisotopic (exact) mass is 286 g/mol. The van der Waals surface area contributed by atoms with Crippen LogP contribution in [0.5, 0.6) is 0 Å². The fraction of sp³-hybridized carbons (Fsp3) is 0.786. The molecule has 0 saturated carbocycles. The molecule has 2 rings (SSSR count). The van der Waals surface area contributed by atoms with Crippen molar-refractivity contribution in [3.05, 3.63) is 18.2 Å². The summed E-state index contributed by atoms with van der Waals surface area (Å²) < 4.78 is 26.7. The lowest BCUT2D eigenvalue weighted by molar-refractivity contribution is 0.0632. The highest BCUT2D eigenvalue weighted by molar-refractivity contribution is 4.93. The fourth-order valence-corrected chi connectivity index (χ4v) is 2.79. The molecule has 1 unspecified atom stereocenters. The van der Waals surface area contributed by atoms with Crippen LogP contribution in [-0.2, 0) is 6.54 Å². The zero-order valence-electron chi connectivity index (χ0n) is 12.2. The van der Waals surface area contributed by atoms with E-state index in [9.17, 15) is 8.78 Å². The average Bonchev–Trinajstić information content (AvgIpc) is 2.99. The highest BCUT2D eigenvalue weighted by Gasteiger charge is 2.21. The van der Waals surface area contributed by atoms with Crippen molar-refractivity contribution in [3.63, 3.8) is 0 Å². The summed E-state index contributed by atoms with van der Waals surface area (Å²) in [7, 11) is 0. The molecule has 0 aliphatic carbocycles. The Hall–Kier alpha value is -1.01. The van der Waals surface area contributed by atoms with Gasteiger partial charge in [-0.3, -0.25) is 9.47 Å². The summed E-state index contributed by atoms with van der Waals surface area (Å²) >= 11 is 0. The molecule has 1 saturated heterocycles. The number of hydrogen-bond donors (Lipinski definition) is 1. The van der Waals surface area contributed by atoms with Crippen LogP contribution in [0.25, 0.3) is 0 Å². The standard InChI is InChI=1S/C14H24F2N4/c1-11(2)8-19(9-12-4-3-5-17-12)10-13-18-6-7-20(13)14(15)16/h6-7,11-12,14,17H,3-5,8-10H2,1-2H3. The van der Waals surface area contributed by atoms with Gasteiger partial charge >= 0.3 is 6.55 Å². The highest BCUT2D eigenvalue weighted by atomic mass is 19.3. The van der Waals surface area contributed by atoms with Gasteiger partial charge in [-0.25, -0.2) is 4.98 Å². The third-order valence-corrected chi connectivity index (χ3v) is 3.59. The second kappa shape index (κ2) is 7.13. The van der Waals surface area contributed by atoms with Gasteiger partial charge in [-0.2, -0.15) is 8.78 Å². The van der Waals surface area contributed by atoms with Gasteiger partial charge in [-0.1, -0.05) is 13.8 Å². The van der Waals surface area contributed by atoms with Crippen molar-refractivity contribution in [3.8, 4) is 0 Å². The van der Waals surface area contributed by atoms with Crippen LogP contribution in [0.4, 0.5) is 8.78 Å². The van der Waals surface area contributed by atoms with E-state index in [2.05, 4.69) is 29.0 Å². The van der Waals surface area contributed by atoms with E-state index in [1.807, 2.05) is 0 Å². The van der Waals surface area contributed by atoms with Gasteiger partial charge in [0.2, 0.25) is 0 Å². The van der Waals surface area contributed by atoms with Crippen molar-refractivity contribution in [1.82, 2.24) is 19.8 Å². The molecule has 114 valence electrons. The van der Waals surface area contributed by atoms with Gasteiger partial charge in [0.05, 0.1) is 6.54 Å². The lowest BCUT2D eigenvalue weighted by atomic mass is 10.1. The van der Waals surface area contributed by atoms with E-state index in [1.54, 1.807) is 0 Å². The van der Waals surface area contributed by atoms with Gasteiger partial charge in [0, 0.05) is 31.5 Å². The van der Waals surface area contributed by atoms with Crippen molar-refractivity contribution < 1.29 is 8.78 Å². The van der Waals surface area contributed by atoms with Gasteiger partial charge in [-0.05, 0) is 25.3 Å². The molecule has 0 amide bonds. The van der Waals surface area contributed by atoms with Gasteiger partial charge in [0.15, 0.2) is 0 Å². The summed E-state index contributed by atoms with van der Waals surface area (Å²) in [5.41, 5.74) is 0. The van der Waals surface area contributed by atoms with Gasteiger partial charge < -0.3 is 5.32 Å². The molecule has 2 heterocycles. The molecular formula is C14H24F2N4. The molecule has 1 aromatic heterocycles. The Bertz CT molecular complexity index is 400. The van der Waals surface area contributed by atoms with E-state index in [0.717, 1.165) is 30.6 Å². The summed E-state index contributed by atoms with van der Waals surface area (Å²) in [6.07, 6.45) is 5.16. The van der Waals surface area contributed by atoms with Crippen LogP contribution in [-0.4, -0.2) is 40.1 Å². The van der Waals surface area contributed by atoms with Crippen molar-refractivity contribution >= 4 is 0 Å². The minimum atomic E-state index is -2.52.